The van der Waals surface area contributed by atoms with Crippen LogP contribution in [-0.4, -0.2) is 20.6 Å². The molecule has 0 bridgehead atoms. The summed E-state index contributed by atoms with van der Waals surface area (Å²) in [5, 5.41) is 4.41. The van der Waals surface area contributed by atoms with E-state index >= 15 is 0 Å². The summed E-state index contributed by atoms with van der Waals surface area (Å²) in [7, 11) is 4.06. The molecule has 17 heavy (non-hydrogen) atoms. The van der Waals surface area contributed by atoms with Gasteiger partial charge in [0.15, 0.2) is 0 Å². The second-order valence-corrected chi connectivity index (χ2v) is 5.01. The first-order valence-electron chi connectivity index (χ1n) is 5.88. The Morgan fingerprint density at radius 3 is 2.59 bits per heavy atom. The molecular formula is C13H20Cl2N2. The third-order valence-corrected chi connectivity index (χ3v) is 3.51. The number of nitrogens with zero attached hydrogens (tertiary/aromatic N) is 1. The van der Waals surface area contributed by atoms with Crippen molar-refractivity contribution >= 4 is 29.7 Å². The number of hydrogen-bond donors (Lipinski definition) is 1. The lowest BCUT2D eigenvalue weighted by molar-refractivity contribution is 0.412. The van der Waals surface area contributed by atoms with Gasteiger partial charge in [0.2, 0.25) is 0 Å². The van der Waals surface area contributed by atoms with E-state index in [0.29, 0.717) is 6.04 Å². The fourth-order valence-electron chi connectivity index (χ4n) is 2.19. The van der Waals surface area contributed by atoms with E-state index in [1.165, 1.54) is 24.8 Å². The van der Waals surface area contributed by atoms with E-state index < -0.39 is 0 Å². The summed E-state index contributed by atoms with van der Waals surface area (Å²) in [5.41, 5.74) is 2.40. The van der Waals surface area contributed by atoms with Crippen molar-refractivity contribution in [2.45, 2.75) is 25.3 Å². The van der Waals surface area contributed by atoms with Gasteiger partial charge in [-0.2, -0.15) is 0 Å². The first kappa shape index (κ1) is 14.6. The molecular weight excluding hydrogens is 255 g/mol. The number of nitrogens with one attached hydrogen (secondary N) is 1. The van der Waals surface area contributed by atoms with E-state index in [4.69, 9.17) is 11.6 Å². The van der Waals surface area contributed by atoms with Crippen LogP contribution in [0.1, 0.15) is 30.9 Å². The Kier molecular flexibility index (Phi) is 5.57. The Morgan fingerprint density at radius 2 is 2.06 bits per heavy atom. The van der Waals surface area contributed by atoms with Gasteiger partial charge in [0, 0.05) is 30.8 Å². The van der Waals surface area contributed by atoms with Crippen LogP contribution in [0, 0.1) is 0 Å². The third-order valence-electron chi connectivity index (χ3n) is 3.19. The number of anilines is 1. The number of hydrogen-bond acceptors (Lipinski definition) is 2. The maximum atomic E-state index is 6.34. The summed E-state index contributed by atoms with van der Waals surface area (Å²) in [5.74, 6) is 0. The minimum Gasteiger partial charge on any atom is -0.378 e. The molecule has 1 fully saturated rings. The number of rotatable bonds is 2. The van der Waals surface area contributed by atoms with Crippen molar-refractivity contribution in [3.63, 3.8) is 0 Å². The quantitative estimate of drug-likeness (QED) is 0.886. The maximum Gasteiger partial charge on any atom is 0.0474 e. The Balaban J connectivity index is 0.00000144. The van der Waals surface area contributed by atoms with Crippen LogP contribution >= 0.6 is 24.0 Å². The largest absolute Gasteiger partial charge is 0.378 e. The van der Waals surface area contributed by atoms with Gasteiger partial charge in [-0.15, -0.1) is 12.4 Å². The average molecular weight is 275 g/mol. The van der Waals surface area contributed by atoms with E-state index in [1.54, 1.807) is 0 Å². The Morgan fingerprint density at radius 1 is 1.29 bits per heavy atom. The van der Waals surface area contributed by atoms with Crippen molar-refractivity contribution in [2.24, 2.45) is 0 Å². The van der Waals surface area contributed by atoms with Crippen molar-refractivity contribution in [3.8, 4) is 0 Å². The first-order valence-corrected chi connectivity index (χ1v) is 6.26. The van der Waals surface area contributed by atoms with Crippen LogP contribution in [0.5, 0.6) is 0 Å². The van der Waals surface area contributed by atoms with Crippen LogP contribution < -0.4 is 10.2 Å². The van der Waals surface area contributed by atoms with Gasteiger partial charge in [-0.3, -0.25) is 0 Å². The zero-order valence-electron chi connectivity index (χ0n) is 10.4. The molecule has 0 unspecified atom stereocenters. The van der Waals surface area contributed by atoms with E-state index in [2.05, 4.69) is 22.3 Å². The molecule has 1 aliphatic heterocycles. The van der Waals surface area contributed by atoms with E-state index in [1.807, 2.05) is 20.2 Å². The number of piperidine rings is 1. The van der Waals surface area contributed by atoms with Crippen LogP contribution in [0.3, 0.4) is 0 Å². The van der Waals surface area contributed by atoms with Crippen molar-refractivity contribution in [1.82, 2.24) is 5.32 Å². The second kappa shape index (κ2) is 6.48. The van der Waals surface area contributed by atoms with Crippen LogP contribution in [0.25, 0.3) is 0 Å². The minimum atomic E-state index is 0. The Labute approximate surface area is 115 Å². The van der Waals surface area contributed by atoms with E-state index in [0.717, 1.165) is 17.3 Å². The summed E-state index contributed by atoms with van der Waals surface area (Å²) in [4.78, 5) is 2.07. The molecule has 1 atom stereocenters. The van der Waals surface area contributed by atoms with Gasteiger partial charge in [0.25, 0.3) is 0 Å². The fraction of sp³-hybridized carbons (Fsp3) is 0.538. The Hall–Kier alpha value is -0.440. The van der Waals surface area contributed by atoms with Crippen LogP contribution in [0.2, 0.25) is 5.02 Å². The zero-order valence-corrected chi connectivity index (χ0v) is 11.9. The van der Waals surface area contributed by atoms with Gasteiger partial charge in [-0.05, 0) is 37.1 Å². The smallest absolute Gasteiger partial charge is 0.0474 e. The molecule has 96 valence electrons. The fourth-order valence-corrected chi connectivity index (χ4v) is 2.50. The van der Waals surface area contributed by atoms with Crippen LogP contribution in [-0.2, 0) is 0 Å². The third kappa shape index (κ3) is 3.51. The molecule has 2 rings (SSSR count). The summed E-state index contributed by atoms with van der Waals surface area (Å²) < 4.78 is 0. The van der Waals surface area contributed by atoms with Crippen molar-refractivity contribution < 1.29 is 0 Å². The highest BCUT2D eigenvalue weighted by Gasteiger charge is 2.17. The Bertz CT molecular complexity index is 360. The predicted molar refractivity (Wildman–Crippen MR) is 77.6 cm³/mol. The highest BCUT2D eigenvalue weighted by atomic mass is 35.5. The molecule has 1 saturated heterocycles. The van der Waals surface area contributed by atoms with Gasteiger partial charge < -0.3 is 10.2 Å². The lowest BCUT2D eigenvalue weighted by atomic mass is 9.97. The molecule has 0 amide bonds. The molecule has 0 radical (unpaired) electrons. The van der Waals surface area contributed by atoms with Gasteiger partial charge in [0.05, 0.1) is 0 Å². The van der Waals surface area contributed by atoms with Crippen LogP contribution in [0.15, 0.2) is 18.2 Å². The summed E-state index contributed by atoms with van der Waals surface area (Å²) in [6.45, 7) is 1.11. The van der Waals surface area contributed by atoms with Crippen molar-refractivity contribution in [3.05, 3.63) is 28.8 Å². The highest BCUT2D eigenvalue weighted by Crippen LogP contribution is 2.31. The van der Waals surface area contributed by atoms with Crippen LogP contribution in [0.4, 0.5) is 5.69 Å². The molecule has 1 aliphatic rings. The first-order chi connectivity index (χ1) is 7.68. The minimum absolute atomic E-state index is 0. The molecule has 0 aliphatic carbocycles. The van der Waals surface area contributed by atoms with E-state index in [9.17, 15) is 0 Å². The highest BCUT2D eigenvalue weighted by molar-refractivity contribution is 6.31. The lowest BCUT2D eigenvalue weighted by Crippen LogP contribution is -2.27. The van der Waals surface area contributed by atoms with Crippen molar-refractivity contribution in [1.29, 1.82) is 0 Å². The molecule has 0 aromatic heterocycles. The molecule has 1 aromatic rings. The number of halogens is 2. The zero-order chi connectivity index (χ0) is 11.5. The van der Waals surface area contributed by atoms with Crippen molar-refractivity contribution in [2.75, 3.05) is 25.5 Å². The predicted octanol–water partition coefficient (Wildman–Crippen LogP) is 3.64. The number of benzene rings is 1. The SMILES string of the molecule is CN(C)c1ccc([C@@H]2CCCCN2)c(Cl)c1.Cl. The molecule has 1 aromatic carbocycles. The summed E-state index contributed by atoms with van der Waals surface area (Å²) in [6.07, 6.45) is 3.77. The summed E-state index contributed by atoms with van der Waals surface area (Å²) in [6, 6.07) is 6.78. The summed E-state index contributed by atoms with van der Waals surface area (Å²) >= 11 is 6.34. The normalized spacial score (nSPS) is 19.6. The lowest BCUT2D eigenvalue weighted by Gasteiger charge is -2.25. The van der Waals surface area contributed by atoms with Gasteiger partial charge in [-0.25, -0.2) is 0 Å². The molecule has 0 saturated carbocycles. The molecule has 2 nitrogen and oxygen atoms in total. The van der Waals surface area contributed by atoms with E-state index in [-0.39, 0.29) is 12.4 Å². The average Bonchev–Trinajstić information content (AvgIpc) is 2.30. The maximum absolute atomic E-state index is 6.34. The van der Waals surface area contributed by atoms with Gasteiger partial charge in [-0.1, -0.05) is 24.1 Å². The molecule has 0 spiro atoms. The standard InChI is InChI=1S/C13H19ClN2.ClH/c1-16(2)10-6-7-11(12(14)9-10)13-5-3-4-8-15-13;/h6-7,9,13,15H,3-5,8H2,1-2H3;1H/t13-;/m0./s1. The molecule has 4 heteroatoms. The molecule has 1 N–H and O–H groups in total. The molecule has 1 heterocycles. The monoisotopic (exact) mass is 274 g/mol. The van der Waals surface area contributed by atoms with Gasteiger partial charge in [0.1, 0.15) is 0 Å². The topological polar surface area (TPSA) is 15.3 Å². The van der Waals surface area contributed by atoms with Gasteiger partial charge >= 0.3 is 0 Å². The second-order valence-electron chi connectivity index (χ2n) is 4.60.